The maximum Gasteiger partial charge on any atom is 0.211 e. The van der Waals surface area contributed by atoms with Gasteiger partial charge < -0.3 is 5.32 Å². The number of fused-ring (bicyclic) bond motifs is 2. The molecule has 0 saturated carbocycles. The fourth-order valence-corrected chi connectivity index (χ4v) is 1.56. The predicted octanol–water partition coefficient (Wildman–Crippen LogP) is 1.48. The molecule has 1 saturated heterocycles. The zero-order valence-electron chi connectivity index (χ0n) is 8.99. The Hall–Kier alpha value is -1.84. The lowest BCUT2D eigenvalue weighted by Crippen LogP contribution is -2.03. The molecule has 0 atom stereocenters. The Kier molecular flexibility index (Phi) is 5.05. The Morgan fingerprint density at radius 2 is 1.50 bits per heavy atom. The number of Topliss-reactive ketones (excluding diaryl/α,β-unsaturated/α-hetero) is 1. The number of allylic oxidation sites excluding steroid dienone is 6. The van der Waals surface area contributed by atoms with E-state index in [1.165, 1.54) is 25.9 Å². The predicted molar refractivity (Wildman–Crippen MR) is 60.0 cm³/mol. The summed E-state index contributed by atoms with van der Waals surface area (Å²) in [5.41, 5.74) is 12.7. The van der Waals surface area contributed by atoms with Crippen molar-refractivity contribution in [1.29, 1.82) is 11.1 Å². The first kappa shape index (κ1) is 12.2. The zero-order chi connectivity index (χ0) is 11.8. The van der Waals surface area contributed by atoms with Crippen LogP contribution in [0.15, 0.2) is 35.5 Å². The summed E-state index contributed by atoms with van der Waals surface area (Å²) in [6.45, 7) is 2.50. The summed E-state index contributed by atoms with van der Waals surface area (Å²) in [7, 11) is 0. The standard InChI is InChI=1S/C7H4O.C4H9N.H2N3/c8-7-5-1-2-6(7)4-3-5;1-2-4-5-3-1;1-3-2/h1-4H;5H,1-4H2;1-2H/q;;+1. The van der Waals surface area contributed by atoms with Gasteiger partial charge in [-0.1, -0.05) is 24.3 Å². The molecule has 0 spiro atoms. The molecule has 1 aliphatic heterocycles. The molecule has 0 aromatic rings. The SMILES string of the molecule is C1CCNC1.N=[N+]=N.O=C1C2=CC=C1C=C2. The van der Waals surface area contributed by atoms with Gasteiger partial charge in [0.2, 0.25) is 4.91 Å². The van der Waals surface area contributed by atoms with Crippen molar-refractivity contribution >= 4 is 5.78 Å². The van der Waals surface area contributed by atoms with Crippen LogP contribution in [0.2, 0.25) is 0 Å². The third-order valence-electron chi connectivity index (χ3n) is 2.37. The molecule has 0 aromatic carbocycles. The average Bonchev–Trinajstić information content (AvgIpc) is 3.01. The van der Waals surface area contributed by atoms with E-state index < -0.39 is 0 Å². The summed E-state index contributed by atoms with van der Waals surface area (Å²) in [6.07, 6.45) is 10.2. The van der Waals surface area contributed by atoms with Gasteiger partial charge in [0.15, 0.2) is 5.78 Å². The van der Waals surface area contributed by atoms with Gasteiger partial charge in [-0.05, 0) is 25.9 Å². The molecule has 2 aliphatic carbocycles. The van der Waals surface area contributed by atoms with Crippen molar-refractivity contribution in [2.45, 2.75) is 12.8 Å². The number of nitrogens with one attached hydrogen (secondary N) is 3. The minimum atomic E-state index is 0.185. The van der Waals surface area contributed by atoms with Gasteiger partial charge in [-0.25, -0.2) is 0 Å². The highest BCUT2D eigenvalue weighted by Crippen LogP contribution is 2.23. The highest BCUT2D eigenvalue weighted by atomic mass is 16.1. The number of rotatable bonds is 0. The van der Waals surface area contributed by atoms with Gasteiger partial charge in [0, 0.05) is 11.1 Å². The Bertz CT molecular complexity index is 351. The molecule has 3 N–H and O–H groups in total. The summed E-state index contributed by atoms with van der Waals surface area (Å²) in [6, 6.07) is 0. The Balaban J connectivity index is 0.000000139. The van der Waals surface area contributed by atoms with E-state index in [2.05, 4.69) is 5.32 Å². The van der Waals surface area contributed by atoms with Crippen LogP contribution in [-0.2, 0) is 4.79 Å². The molecule has 1 heterocycles. The lowest BCUT2D eigenvalue weighted by atomic mass is 10.2. The number of carbonyl (C=O) groups is 1. The summed E-state index contributed by atoms with van der Waals surface area (Å²) in [5.74, 6) is 0.185. The smallest absolute Gasteiger partial charge is 0.211 e. The fourth-order valence-electron chi connectivity index (χ4n) is 1.56. The average molecular weight is 219 g/mol. The van der Waals surface area contributed by atoms with Crippen molar-refractivity contribution in [2.75, 3.05) is 13.1 Å². The number of carbonyl (C=O) groups excluding carboxylic acids is 1. The summed E-state index contributed by atoms with van der Waals surface area (Å²) in [5, 5.41) is 3.22. The molecule has 0 aromatic heterocycles. The molecule has 5 heteroatoms. The number of nitrogens with zero attached hydrogens (tertiary/aromatic N) is 1. The minimum Gasteiger partial charge on any atom is -0.317 e. The molecule has 3 aliphatic rings. The largest absolute Gasteiger partial charge is 0.317 e. The highest BCUT2D eigenvalue weighted by Gasteiger charge is 2.19. The van der Waals surface area contributed by atoms with E-state index in [9.17, 15) is 4.79 Å². The van der Waals surface area contributed by atoms with Crippen LogP contribution in [0.5, 0.6) is 0 Å². The van der Waals surface area contributed by atoms with Gasteiger partial charge in [0.1, 0.15) is 11.1 Å². The molecule has 3 rings (SSSR count). The van der Waals surface area contributed by atoms with Crippen molar-refractivity contribution in [1.82, 2.24) is 10.2 Å². The Morgan fingerprint density at radius 3 is 1.62 bits per heavy atom. The minimum absolute atomic E-state index is 0.185. The second kappa shape index (κ2) is 6.61. The van der Waals surface area contributed by atoms with Crippen molar-refractivity contribution in [3.8, 4) is 0 Å². The van der Waals surface area contributed by atoms with E-state index in [0.29, 0.717) is 0 Å². The fraction of sp³-hybridized carbons (Fsp3) is 0.364. The normalized spacial score (nSPS) is 18.9. The number of ketones is 1. The molecule has 0 amide bonds. The van der Waals surface area contributed by atoms with Crippen LogP contribution in [0.3, 0.4) is 0 Å². The van der Waals surface area contributed by atoms with Crippen LogP contribution >= 0.6 is 0 Å². The highest BCUT2D eigenvalue weighted by molar-refractivity contribution is 6.17. The van der Waals surface area contributed by atoms with Gasteiger partial charge in [-0.2, -0.15) is 0 Å². The van der Waals surface area contributed by atoms with Crippen LogP contribution in [0.1, 0.15) is 12.8 Å². The molecule has 2 bridgehead atoms. The van der Waals surface area contributed by atoms with Crippen molar-refractivity contribution in [3.63, 3.8) is 0 Å². The molecule has 0 unspecified atom stereocenters. The molecule has 84 valence electrons. The lowest BCUT2D eigenvalue weighted by Gasteiger charge is -1.78. The molecular formula is C11H15N4O+. The Morgan fingerprint density at radius 1 is 1.06 bits per heavy atom. The number of hydrogen-bond donors (Lipinski definition) is 3. The van der Waals surface area contributed by atoms with E-state index in [0.717, 1.165) is 11.1 Å². The summed E-state index contributed by atoms with van der Waals surface area (Å²) >= 11 is 0. The zero-order valence-corrected chi connectivity index (χ0v) is 8.99. The molecule has 5 nitrogen and oxygen atoms in total. The Labute approximate surface area is 93.9 Å². The maximum atomic E-state index is 10.8. The van der Waals surface area contributed by atoms with Crippen LogP contribution in [-0.4, -0.2) is 18.9 Å². The first-order valence-electron chi connectivity index (χ1n) is 5.18. The van der Waals surface area contributed by atoms with Gasteiger partial charge in [0.25, 0.3) is 0 Å². The van der Waals surface area contributed by atoms with Crippen molar-refractivity contribution in [3.05, 3.63) is 35.5 Å². The van der Waals surface area contributed by atoms with Crippen molar-refractivity contribution < 1.29 is 4.79 Å². The van der Waals surface area contributed by atoms with Gasteiger partial charge in [-0.15, -0.1) is 0 Å². The quantitative estimate of drug-likeness (QED) is 0.425. The molecule has 0 radical (unpaired) electrons. The second-order valence-corrected chi connectivity index (χ2v) is 3.48. The van der Waals surface area contributed by atoms with E-state index in [1.807, 2.05) is 29.2 Å². The second-order valence-electron chi connectivity index (χ2n) is 3.48. The van der Waals surface area contributed by atoms with E-state index in [1.54, 1.807) is 0 Å². The molecule has 16 heavy (non-hydrogen) atoms. The maximum absolute atomic E-state index is 10.8. The molecule has 1 fully saturated rings. The summed E-state index contributed by atoms with van der Waals surface area (Å²) < 4.78 is 0. The van der Waals surface area contributed by atoms with E-state index >= 15 is 0 Å². The molecular weight excluding hydrogens is 204 g/mol. The van der Waals surface area contributed by atoms with Crippen molar-refractivity contribution in [2.24, 2.45) is 0 Å². The van der Waals surface area contributed by atoms with E-state index in [-0.39, 0.29) is 5.78 Å². The van der Waals surface area contributed by atoms with E-state index in [4.69, 9.17) is 11.1 Å². The van der Waals surface area contributed by atoms with Gasteiger partial charge in [0.05, 0.1) is 0 Å². The first-order chi connectivity index (χ1) is 7.79. The first-order valence-corrected chi connectivity index (χ1v) is 5.18. The third-order valence-corrected chi connectivity index (χ3v) is 2.37. The van der Waals surface area contributed by atoms with Crippen LogP contribution in [0, 0.1) is 11.1 Å². The monoisotopic (exact) mass is 219 g/mol. The van der Waals surface area contributed by atoms with Gasteiger partial charge in [-0.3, -0.25) is 4.79 Å². The van der Waals surface area contributed by atoms with Crippen LogP contribution in [0.25, 0.3) is 0 Å². The van der Waals surface area contributed by atoms with Gasteiger partial charge >= 0.3 is 0 Å². The lowest BCUT2D eigenvalue weighted by molar-refractivity contribution is -0.111. The summed E-state index contributed by atoms with van der Waals surface area (Å²) in [4.78, 5) is 12.8. The van der Waals surface area contributed by atoms with Crippen LogP contribution < -0.4 is 10.2 Å². The topological polar surface area (TPSA) is 90.9 Å². The third kappa shape index (κ3) is 3.38. The number of hydrogen-bond acceptors (Lipinski definition) is 4. The van der Waals surface area contributed by atoms with Crippen LogP contribution in [0.4, 0.5) is 0 Å².